The summed E-state index contributed by atoms with van der Waals surface area (Å²) < 4.78 is 18.8. The van der Waals surface area contributed by atoms with Crippen molar-refractivity contribution in [3.05, 3.63) is 35.8 Å². The molecule has 0 fully saturated rings. The Balaban J connectivity index is 2.58. The van der Waals surface area contributed by atoms with Gasteiger partial charge in [0.15, 0.2) is 0 Å². The van der Waals surface area contributed by atoms with E-state index >= 15 is 0 Å². The Labute approximate surface area is 98.4 Å². The number of rotatable bonds is 4. The number of furan rings is 1. The number of hydrogen-bond acceptors (Lipinski definition) is 2. The molecule has 1 heterocycles. The fourth-order valence-corrected chi connectivity index (χ4v) is 2.07. The van der Waals surface area contributed by atoms with Gasteiger partial charge in [0.2, 0.25) is 5.91 Å². The lowest BCUT2D eigenvalue weighted by Gasteiger charge is -2.13. The largest absolute Gasteiger partial charge is 0.464 e. The molecule has 0 saturated heterocycles. The van der Waals surface area contributed by atoms with E-state index in [-0.39, 0.29) is 5.82 Å². The van der Waals surface area contributed by atoms with E-state index < -0.39 is 11.8 Å². The molecule has 0 aliphatic heterocycles. The minimum absolute atomic E-state index is 0.378. The van der Waals surface area contributed by atoms with Crippen molar-refractivity contribution in [2.45, 2.75) is 25.7 Å². The smallest absolute Gasteiger partial charge is 0.225 e. The molecule has 3 nitrogen and oxygen atoms in total. The first-order chi connectivity index (χ1) is 8.13. The summed E-state index contributed by atoms with van der Waals surface area (Å²) >= 11 is 0. The summed E-state index contributed by atoms with van der Waals surface area (Å²) in [6.45, 7) is 1.95. The zero-order valence-electron chi connectivity index (χ0n) is 9.57. The average Bonchev–Trinajstić information content (AvgIpc) is 2.72. The van der Waals surface area contributed by atoms with Crippen LogP contribution in [0, 0.1) is 5.82 Å². The Hall–Kier alpha value is -1.84. The summed E-state index contributed by atoms with van der Waals surface area (Å²) in [6, 6.07) is 4.38. The highest BCUT2D eigenvalue weighted by Gasteiger charge is 2.21. The second kappa shape index (κ2) is 4.57. The van der Waals surface area contributed by atoms with Gasteiger partial charge in [-0.25, -0.2) is 4.39 Å². The van der Waals surface area contributed by atoms with Crippen LogP contribution in [0.1, 0.15) is 31.2 Å². The second-order valence-electron chi connectivity index (χ2n) is 4.08. The molecule has 0 saturated carbocycles. The van der Waals surface area contributed by atoms with Gasteiger partial charge in [-0.05, 0) is 24.6 Å². The highest BCUT2D eigenvalue weighted by atomic mass is 19.1. The van der Waals surface area contributed by atoms with Gasteiger partial charge in [-0.3, -0.25) is 4.79 Å². The fraction of sp³-hybridized carbons (Fsp3) is 0.308. The molecule has 0 bridgehead atoms. The van der Waals surface area contributed by atoms with Gasteiger partial charge in [-0.2, -0.15) is 0 Å². The van der Waals surface area contributed by atoms with Crippen molar-refractivity contribution >= 4 is 16.9 Å². The zero-order valence-corrected chi connectivity index (χ0v) is 9.57. The normalized spacial score (nSPS) is 12.8. The van der Waals surface area contributed by atoms with E-state index in [1.807, 2.05) is 6.92 Å². The third-order valence-corrected chi connectivity index (χ3v) is 2.84. The van der Waals surface area contributed by atoms with Gasteiger partial charge in [0, 0.05) is 10.9 Å². The van der Waals surface area contributed by atoms with Crippen LogP contribution in [0.5, 0.6) is 0 Å². The Morgan fingerprint density at radius 2 is 2.29 bits per heavy atom. The van der Waals surface area contributed by atoms with E-state index in [0.29, 0.717) is 23.0 Å². The molecule has 1 aromatic heterocycles. The molecule has 2 N–H and O–H groups in total. The van der Waals surface area contributed by atoms with E-state index in [9.17, 15) is 9.18 Å². The third kappa shape index (κ3) is 2.16. The Morgan fingerprint density at radius 1 is 1.53 bits per heavy atom. The zero-order chi connectivity index (χ0) is 12.4. The maximum absolute atomic E-state index is 13.4. The molecule has 90 valence electrons. The molecule has 17 heavy (non-hydrogen) atoms. The topological polar surface area (TPSA) is 56.2 Å². The summed E-state index contributed by atoms with van der Waals surface area (Å²) in [5.74, 6) is -1.32. The number of primary amides is 1. The molecule has 1 amide bonds. The lowest BCUT2D eigenvalue weighted by molar-refractivity contribution is -0.119. The monoisotopic (exact) mass is 235 g/mol. The van der Waals surface area contributed by atoms with E-state index in [0.717, 1.165) is 6.42 Å². The summed E-state index contributed by atoms with van der Waals surface area (Å²) in [7, 11) is 0. The Morgan fingerprint density at radius 3 is 2.94 bits per heavy atom. The summed E-state index contributed by atoms with van der Waals surface area (Å²) in [5.41, 5.74) is 6.45. The van der Waals surface area contributed by atoms with Crippen molar-refractivity contribution in [1.29, 1.82) is 0 Å². The average molecular weight is 235 g/mol. The van der Waals surface area contributed by atoms with Gasteiger partial charge in [0.25, 0.3) is 0 Å². The fourth-order valence-electron chi connectivity index (χ4n) is 2.07. The first-order valence-corrected chi connectivity index (χ1v) is 5.59. The van der Waals surface area contributed by atoms with E-state index in [1.165, 1.54) is 18.4 Å². The van der Waals surface area contributed by atoms with Crippen LogP contribution in [0.15, 0.2) is 28.9 Å². The van der Waals surface area contributed by atoms with Crippen molar-refractivity contribution in [2.24, 2.45) is 5.73 Å². The maximum atomic E-state index is 13.4. The van der Waals surface area contributed by atoms with E-state index in [1.54, 1.807) is 6.07 Å². The summed E-state index contributed by atoms with van der Waals surface area (Å²) in [6.07, 6.45) is 2.87. The van der Waals surface area contributed by atoms with Gasteiger partial charge in [0.05, 0.1) is 12.2 Å². The maximum Gasteiger partial charge on any atom is 0.225 e. The molecule has 1 aromatic carbocycles. The summed E-state index contributed by atoms with van der Waals surface area (Å²) in [5, 5.41) is 0.655. The van der Waals surface area contributed by atoms with Crippen molar-refractivity contribution in [3.8, 4) is 0 Å². The Kier molecular flexibility index (Phi) is 3.13. The van der Waals surface area contributed by atoms with Gasteiger partial charge < -0.3 is 10.2 Å². The molecule has 2 aromatic rings. The highest BCUT2D eigenvalue weighted by Crippen LogP contribution is 2.30. The molecule has 1 unspecified atom stereocenters. The molecule has 4 heteroatoms. The van der Waals surface area contributed by atoms with Crippen LogP contribution < -0.4 is 5.73 Å². The lowest BCUT2D eigenvalue weighted by atomic mass is 9.92. The van der Waals surface area contributed by atoms with E-state index in [4.69, 9.17) is 10.2 Å². The number of carbonyl (C=O) groups excluding carboxylic acids is 1. The van der Waals surface area contributed by atoms with Crippen LogP contribution >= 0.6 is 0 Å². The number of halogens is 1. The van der Waals surface area contributed by atoms with Gasteiger partial charge in [-0.15, -0.1) is 0 Å². The highest BCUT2D eigenvalue weighted by molar-refractivity contribution is 5.89. The van der Waals surface area contributed by atoms with Crippen LogP contribution in [-0.4, -0.2) is 5.91 Å². The van der Waals surface area contributed by atoms with Crippen LogP contribution in [-0.2, 0) is 4.79 Å². The SMILES string of the molecule is CCCC(C(N)=O)c1cc(F)cc2ccoc12. The number of amides is 1. The first kappa shape index (κ1) is 11.6. The standard InChI is InChI=1S/C13H14FNO2/c1-2-3-10(13(15)16)11-7-9(14)6-8-4-5-17-12(8)11/h4-7,10H,2-3H2,1H3,(H2,15,16). The number of fused-ring (bicyclic) bond motifs is 1. The van der Waals surface area contributed by atoms with Gasteiger partial charge >= 0.3 is 0 Å². The Bertz CT molecular complexity index is 547. The number of benzene rings is 1. The number of carbonyl (C=O) groups is 1. The molecule has 1 atom stereocenters. The van der Waals surface area contributed by atoms with Crippen molar-refractivity contribution in [2.75, 3.05) is 0 Å². The van der Waals surface area contributed by atoms with Crippen LogP contribution in [0.25, 0.3) is 11.0 Å². The number of nitrogens with two attached hydrogens (primary N) is 1. The third-order valence-electron chi connectivity index (χ3n) is 2.84. The molecular weight excluding hydrogens is 221 g/mol. The molecular formula is C13H14FNO2. The van der Waals surface area contributed by atoms with Gasteiger partial charge in [-0.1, -0.05) is 13.3 Å². The molecule has 2 rings (SSSR count). The van der Waals surface area contributed by atoms with Crippen molar-refractivity contribution in [3.63, 3.8) is 0 Å². The minimum Gasteiger partial charge on any atom is -0.464 e. The summed E-state index contributed by atoms with van der Waals surface area (Å²) in [4.78, 5) is 11.4. The van der Waals surface area contributed by atoms with Crippen molar-refractivity contribution in [1.82, 2.24) is 0 Å². The predicted molar refractivity (Wildman–Crippen MR) is 63.0 cm³/mol. The quantitative estimate of drug-likeness (QED) is 0.885. The first-order valence-electron chi connectivity index (χ1n) is 5.59. The van der Waals surface area contributed by atoms with Crippen molar-refractivity contribution < 1.29 is 13.6 Å². The van der Waals surface area contributed by atoms with Crippen LogP contribution in [0.2, 0.25) is 0 Å². The van der Waals surface area contributed by atoms with Crippen LogP contribution in [0.3, 0.4) is 0 Å². The molecule has 0 aliphatic carbocycles. The van der Waals surface area contributed by atoms with Crippen LogP contribution in [0.4, 0.5) is 4.39 Å². The van der Waals surface area contributed by atoms with Gasteiger partial charge in [0.1, 0.15) is 11.4 Å². The molecule has 0 spiro atoms. The number of hydrogen-bond donors (Lipinski definition) is 1. The van der Waals surface area contributed by atoms with E-state index in [2.05, 4.69) is 0 Å². The minimum atomic E-state index is -0.496. The molecule has 0 aliphatic rings. The second-order valence-corrected chi connectivity index (χ2v) is 4.08. The molecule has 0 radical (unpaired) electrons. The predicted octanol–water partition coefficient (Wildman–Crippen LogP) is 2.94. The lowest BCUT2D eigenvalue weighted by Crippen LogP contribution is -2.21.